The Morgan fingerprint density at radius 1 is 1.12 bits per heavy atom. The first-order valence-electron chi connectivity index (χ1n) is 8.50. The van der Waals surface area contributed by atoms with Crippen molar-refractivity contribution in [3.8, 4) is 0 Å². The van der Waals surface area contributed by atoms with Crippen LogP contribution in [0.2, 0.25) is 0 Å². The largest absolute Gasteiger partial charge is 0.443 e. The lowest BCUT2D eigenvalue weighted by Gasteiger charge is -2.33. The molecule has 1 aromatic carbocycles. The minimum Gasteiger partial charge on any atom is -0.443 e. The molecule has 26 heavy (non-hydrogen) atoms. The summed E-state index contributed by atoms with van der Waals surface area (Å²) in [6, 6.07) is 6.72. The van der Waals surface area contributed by atoms with Crippen molar-refractivity contribution < 1.29 is 19.1 Å². The lowest BCUT2D eigenvalue weighted by atomic mass is 9.87. The Balaban J connectivity index is 2.04. The molecule has 0 spiro atoms. The van der Waals surface area contributed by atoms with Gasteiger partial charge in [0.05, 0.1) is 15.8 Å². The zero-order chi connectivity index (χ0) is 19.1. The fourth-order valence-corrected chi connectivity index (χ4v) is 3.63. The Labute approximate surface area is 160 Å². The second-order valence-electron chi connectivity index (χ2n) is 7.26. The van der Waals surface area contributed by atoms with E-state index in [-0.39, 0.29) is 21.6 Å². The third-order valence-electron chi connectivity index (χ3n) is 4.15. The van der Waals surface area contributed by atoms with E-state index < -0.39 is 11.7 Å². The lowest BCUT2D eigenvalue weighted by Crippen LogP contribution is -2.40. The number of hydrogen-bond acceptors (Lipinski definition) is 4. The van der Waals surface area contributed by atoms with Gasteiger partial charge in [-0.1, -0.05) is 30.3 Å². The molecule has 0 atom stereocenters. The molecule has 1 heterocycles. The van der Waals surface area contributed by atoms with Crippen LogP contribution in [-0.4, -0.2) is 34.7 Å². The second kappa shape index (κ2) is 6.83. The van der Waals surface area contributed by atoms with E-state index in [1.54, 1.807) is 45.0 Å². The molecule has 6 heteroatoms. The average Bonchev–Trinajstić information content (AvgIpc) is 2.59. The first-order chi connectivity index (χ1) is 12.2. The molecule has 3 rings (SSSR count). The number of benzene rings is 1. The molecule has 5 nitrogen and oxygen atoms in total. The molecule has 0 aromatic heterocycles. The molecule has 0 bridgehead atoms. The van der Waals surface area contributed by atoms with Crippen LogP contribution in [0.3, 0.4) is 0 Å². The topological polar surface area (TPSA) is 63.7 Å². The van der Waals surface area contributed by atoms with Gasteiger partial charge in [-0.25, -0.2) is 4.79 Å². The molecular formula is C20H20BrNO4. The predicted molar refractivity (Wildman–Crippen MR) is 101 cm³/mol. The molecule has 0 unspecified atom stereocenters. The SMILES string of the molecule is CC(C)(C)OC(=O)N1CCCC=C1C1=C(Br)C(=O)c2ccccc2C1=O. The maximum Gasteiger partial charge on any atom is 0.414 e. The number of Topliss-reactive ketones (excluding diaryl/α,β-unsaturated/α-hetero) is 2. The number of ketones is 2. The summed E-state index contributed by atoms with van der Waals surface area (Å²) in [5, 5.41) is 0. The predicted octanol–water partition coefficient (Wildman–Crippen LogP) is 4.63. The van der Waals surface area contributed by atoms with Gasteiger partial charge in [0.2, 0.25) is 5.78 Å². The number of halogens is 1. The van der Waals surface area contributed by atoms with Crippen LogP contribution >= 0.6 is 15.9 Å². The maximum atomic E-state index is 13.1. The lowest BCUT2D eigenvalue weighted by molar-refractivity contribution is 0.0307. The van der Waals surface area contributed by atoms with Gasteiger partial charge in [0.1, 0.15) is 5.60 Å². The highest BCUT2D eigenvalue weighted by Gasteiger charge is 2.37. The van der Waals surface area contributed by atoms with Crippen LogP contribution in [0.5, 0.6) is 0 Å². The fourth-order valence-electron chi connectivity index (χ4n) is 3.04. The summed E-state index contributed by atoms with van der Waals surface area (Å²) in [7, 11) is 0. The highest BCUT2D eigenvalue weighted by molar-refractivity contribution is 9.12. The van der Waals surface area contributed by atoms with Gasteiger partial charge in [0, 0.05) is 17.7 Å². The van der Waals surface area contributed by atoms with Crippen LogP contribution in [0.25, 0.3) is 0 Å². The van der Waals surface area contributed by atoms with E-state index in [9.17, 15) is 14.4 Å². The van der Waals surface area contributed by atoms with Crippen molar-refractivity contribution in [2.75, 3.05) is 6.54 Å². The van der Waals surface area contributed by atoms with E-state index in [0.29, 0.717) is 23.4 Å². The van der Waals surface area contributed by atoms with Crippen molar-refractivity contribution in [2.24, 2.45) is 0 Å². The van der Waals surface area contributed by atoms with Crippen molar-refractivity contribution >= 4 is 33.6 Å². The number of amides is 1. The molecule has 1 amide bonds. The number of rotatable bonds is 1. The van der Waals surface area contributed by atoms with Gasteiger partial charge < -0.3 is 4.74 Å². The Hall–Kier alpha value is -2.21. The van der Waals surface area contributed by atoms with Crippen molar-refractivity contribution in [1.82, 2.24) is 4.90 Å². The molecule has 1 aliphatic carbocycles. The highest BCUT2D eigenvalue weighted by atomic mass is 79.9. The molecule has 1 aromatic rings. The van der Waals surface area contributed by atoms with E-state index in [0.717, 1.165) is 12.8 Å². The molecule has 2 aliphatic rings. The first-order valence-corrected chi connectivity index (χ1v) is 9.29. The highest BCUT2D eigenvalue weighted by Crippen LogP contribution is 2.36. The Bertz CT molecular complexity index is 861. The van der Waals surface area contributed by atoms with Crippen molar-refractivity contribution in [3.05, 3.63) is 57.2 Å². The number of nitrogens with zero attached hydrogens (tertiary/aromatic N) is 1. The summed E-state index contributed by atoms with van der Waals surface area (Å²) >= 11 is 3.29. The summed E-state index contributed by atoms with van der Waals surface area (Å²) < 4.78 is 5.66. The number of carbonyl (C=O) groups is 3. The Morgan fingerprint density at radius 2 is 1.73 bits per heavy atom. The number of allylic oxidation sites excluding steroid dienone is 3. The van der Waals surface area contributed by atoms with Crippen LogP contribution in [0.4, 0.5) is 4.79 Å². The van der Waals surface area contributed by atoms with E-state index in [4.69, 9.17) is 4.74 Å². The van der Waals surface area contributed by atoms with Crippen molar-refractivity contribution in [3.63, 3.8) is 0 Å². The van der Waals surface area contributed by atoms with E-state index in [1.807, 2.05) is 6.08 Å². The zero-order valence-electron chi connectivity index (χ0n) is 15.0. The summed E-state index contributed by atoms with van der Waals surface area (Å²) in [5.74, 6) is -0.528. The number of ether oxygens (including phenoxy) is 1. The molecule has 136 valence electrons. The Kier molecular flexibility index (Phi) is 4.88. The van der Waals surface area contributed by atoms with Crippen LogP contribution in [0.1, 0.15) is 54.3 Å². The van der Waals surface area contributed by atoms with Gasteiger partial charge in [-0.15, -0.1) is 0 Å². The van der Waals surface area contributed by atoms with Crippen molar-refractivity contribution in [2.45, 2.75) is 39.2 Å². The molecule has 1 aliphatic heterocycles. The normalized spacial score (nSPS) is 17.8. The quantitative estimate of drug-likeness (QED) is 0.667. The van der Waals surface area contributed by atoms with Gasteiger partial charge in [0.15, 0.2) is 5.78 Å². The summed E-state index contributed by atoms with van der Waals surface area (Å²) in [5.41, 5.74) is 0.730. The standard InChI is InChI=1S/C20H20BrNO4/c1-20(2,3)26-19(25)22-11-7-6-10-14(22)15-16(21)18(24)13-9-5-4-8-12(13)17(15)23/h4-5,8-10H,6-7,11H2,1-3H3. The Morgan fingerprint density at radius 3 is 2.35 bits per heavy atom. The van der Waals surface area contributed by atoms with Crippen molar-refractivity contribution in [1.29, 1.82) is 0 Å². The second-order valence-corrected chi connectivity index (χ2v) is 8.05. The molecule has 0 fully saturated rings. The smallest absolute Gasteiger partial charge is 0.414 e. The molecule has 0 saturated heterocycles. The number of carbonyl (C=O) groups excluding carboxylic acids is 3. The zero-order valence-corrected chi connectivity index (χ0v) is 16.6. The number of hydrogen-bond donors (Lipinski definition) is 0. The van der Waals surface area contributed by atoms with Crippen LogP contribution in [0.15, 0.2) is 46.1 Å². The van der Waals surface area contributed by atoms with E-state index in [2.05, 4.69) is 15.9 Å². The van der Waals surface area contributed by atoms with E-state index in [1.165, 1.54) is 4.90 Å². The van der Waals surface area contributed by atoms with Gasteiger partial charge in [-0.3, -0.25) is 14.5 Å². The molecule has 0 radical (unpaired) electrons. The molecule has 0 saturated carbocycles. The monoisotopic (exact) mass is 417 g/mol. The van der Waals surface area contributed by atoms with Gasteiger partial charge in [-0.05, 0) is 49.5 Å². The summed E-state index contributed by atoms with van der Waals surface area (Å²) in [6.07, 6.45) is 2.80. The van der Waals surface area contributed by atoms with Gasteiger partial charge >= 0.3 is 6.09 Å². The molecular weight excluding hydrogens is 398 g/mol. The van der Waals surface area contributed by atoms with Crippen LogP contribution in [0, 0.1) is 0 Å². The summed E-state index contributed by atoms with van der Waals surface area (Å²) in [4.78, 5) is 39.9. The van der Waals surface area contributed by atoms with Gasteiger partial charge in [-0.2, -0.15) is 0 Å². The molecule has 0 N–H and O–H groups in total. The minimum atomic E-state index is -0.649. The third kappa shape index (κ3) is 3.38. The number of fused-ring (bicyclic) bond motifs is 1. The van der Waals surface area contributed by atoms with Gasteiger partial charge in [0.25, 0.3) is 0 Å². The maximum absolute atomic E-state index is 13.1. The van der Waals surface area contributed by atoms with Crippen LogP contribution in [-0.2, 0) is 4.74 Å². The average molecular weight is 418 g/mol. The summed E-state index contributed by atoms with van der Waals surface area (Å²) in [6.45, 7) is 5.81. The fraction of sp³-hybridized carbons (Fsp3) is 0.350. The minimum absolute atomic E-state index is 0.183. The third-order valence-corrected chi connectivity index (χ3v) is 4.90. The van der Waals surface area contributed by atoms with E-state index >= 15 is 0 Å². The first kappa shape index (κ1) is 18.6. The van der Waals surface area contributed by atoms with Crippen LogP contribution < -0.4 is 0 Å².